The minimum atomic E-state index is 0.652. The molecule has 2 aromatic heterocycles. The molecular formula is C12H8Br2N4. The monoisotopic (exact) mass is 366 g/mol. The van der Waals surface area contributed by atoms with Crippen molar-refractivity contribution in [2.45, 2.75) is 6.92 Å². The van der Waals surface area contributed by atoms with E-state index in [0.29, 0.717) is 10.6 Å². The zero-order chi connectivity index (χ0) is 12.7. The van der Waals surface area contributed by atoms with Crippen LogP contribution in [0.25, 0.3) is 17.0 Å². The van der Waals surface area contributed by atoms with E-state index in [4.69, 9.17) is 0 Å². The lowest BCUT2D eigenvalue weighted by Gasteiger charge is -1.96. The number of halogens is 2. The number of aromatic nitrogens is 4. The van der Waals surface area contributed by atoms with Crippen molar-refractivity contribution in [1.29, 1.82) is 0 Å². The van der Waals surface area contributed by atoms with E-state index in [1.165, 1.54) is 0 Å². The summed E-state index contributed by atoms with van der Waals surface area (Å²) in [5.74, 6) is 0.694. The Morgan fingerprint density at radius 1 is 1.11 bits per heavy atom. The molecule has 0 N–H and O–H groups in total. The van der Waals surface area contributed by atoms with Crippen molar-refractivity contribution in [1.82, 2.24) is 19.6 Å². The maximum atomic E-state index is 4.54. The molecule has 6 heteroatoms. The van der Waals surface area contributed by atoms with Gasteiger partial charge in [-0.25, -0.2) is 9.97 Å². The molecule has 0 radical (unpaired) electrons. The van der Waals surface area contributed by atoms with Crippen LogP contribution in [0.1, 0.15) is 5.56 Å². The van der Waals surface area contributed by atoms with Crippen LogP contribution < -0.4 is 0 Å². The van der Waals surface area contributed by atoms with E-state index in [-0.39, 0.29) is 0 Å². The highest BCUT2D eigenvalue weighted by atomic mass is 79.9. The highest BCUT2D eigenvalue weighted by molar-refractivity contribution is 9.10. The lowest BCUT2D eigenvalue weighted by atomic mass is 10.2. The van der Waals surface area contributed by atoms with Crippen molar-refractivity contribution in [3.05, 3.63) is 45.2 Å². The van der Waals surface area contributed by atoms with Gasteiger partial charge in [-0.3, -0.25) is 0 Å². The van der Waals surface area contributed by atoms with Gasteiger partial charge in [0.15, 0.2) is 16.2 Å². The van der Waals surface area contributed by atoms with Crippen molar-refractivity contribution < 1.29 is 0 Å². The van der Waals surface area contributed by atoms with E-state index in [1.807, 2.05) is 31.2 Å². The second-order valence-electron chi connectivity index (χ2n) is 3.89. The van der Waals surface area contributed by atoms with Crippen LogP contribution in [0.3, 0.4) is 0 Å². The summed E-state index contributed by atoms with van der Waals surface area (Å²) >= 11 is 6.78. The van der Waals surface area contributed by atoms with Crippen LogP contribution in [-0.2, 0) is 0 Å². The number of hydrogen-bond donors (Lipinski definition) is 0. The first kappa shape index (κ1) is 11.8. The average Bonchev–Trinajstić information content (AvgIpc) is 2.81. The van der Waals surface area contributed by atoms with E-state index in [2.05, 4.69) is 46.9 Å². The van der Waals surface area contributed by atoms with E-state index >= 15 is 0 Å². The first-order valence-corrected chi connectivity index (χ1v) is 6.87. The van der Waals surface area contributed by atoms with Crippen molar-refractivity contribution in [2.75, 3.05) is 0 Å². The van der Waals surface area contributed by atoms with Gasteiger partial charge < -0.3 is 0 Å². The van der Waals surface area contributed by atoms with Crippen LogP contribution in [0.2, 0.25) is 0 Å². The summed E-state index contributed by atoms with van der Waals surface area (Å²) in [6.45, 7) is 1.97. The third-order valence-electron chi connectivity index (χ3n) is 2.60. The fraction of sp³-hybridized carbons (Fsp3) is 0.0833. The number of aryl methyl sites for hydroxylation is 1. The standard InChI is InChI=1S/C12H8Br2N4/c1-7-6-15-12(14)18-11(7)16-10(17-18)8-2-4-9(13)5-3-8/h2-6H,1H3. The fourth-order valence-corrected chi connectivity index (χ4v) is 2.29. The van der Waals surface area contributed by atoms with Crippen LogP contribution in [0.4, 0.5) is 0 Å². The predicted molar refractivity (Wildman–Crippen MR) is 76.4 cm³/mol. The molecule has 0 amide bonds. The molecule has 0 atom stereocenters. The molecule has 0 saturated carbocycles. The van der Waals surface area contributed by atoms with Gasteiger partial charge in [0.05, 0.1) is 0 Å². The van der Waals surface area contributed by atoms with Crippen molar-refractivity contribution in [3.8, 4) is 11.4 Å². The highest BCUT2D eigenvalue weighted by Crippen LogP contribution is 2.21. The Hall–Kier alpha value is -1.27. The molecule has 3 rings (SSSR count). The summed E-state index contributed by atoms with van der Waals surface area (Å²) in [5, 5.41) is 4.45. The molecule has 3 aromatic rings. The first-order chi connectivity index (χ1) is 8.65. The van der Waals surface area contributed by atoms with Crippen LogP contribution in [-0.4, -0.2) is 19.6 Å². The van der Waals surface area contributed by atoms with Gasteiger partial charge in [0.2, 0.25) is 0 Å². The summed E-state index contributed by atoms with van der Waals surface area (Å²) < 4.78 is 3.39. The summed E-state index contributed by atoms with van der Waals surface area (Å²) in [5.41, 5.74) is 2.79. The molecule has 0 unspecified atom stereocenters. The molecule has 2 heterocycles. The smallest absolute Gasteiger partial charge is 0.199 e. The van der Waals surface area contributed by atoms with Crippen molar-refractivity contribution in [3.63, 3.8) is 0 Å². The Bertz CT molecular complexity index is 680. The van der Waals surface area contributed by atoms with Gasteiger partial charge in [-0.15, -0.1) is 5.10 Å². The van der Waals surface area contributed by atoms with Crippen LogP contribution in [0, 0.1) is 6.92 Å². The van der Waals surface area contributed by atoms with Crippen LogP contribution in [0.15, 0.2) is 39.7 Å². The second kappa shape index (κ2) is 4.44. The highest BCUT2D eigenvalue weighted by Gasteiger charge is 2.10. The zero-order valence-corrected chi connectivity index (χ0v) is 12.6. The Labute approximate surface area is 120 Å². The van der Waals surface area contributed by atoms with E-state index < -0.39 is 0 Å². The molecule has 18 heavy (non-hydrogen) atoms. The van der Waals surface area contributed by atoms with Gasteiger partial charge in [-0.1, -0.05) is 28.1 Å². The second-order valence-corrected chi connectivity index (χ2v) is 5.51. The normalized spacial score (nSPS) is 11.1. The molecule has 1 aromatic carbocycles. The number of nitrogens with zero attached hydrogens (tertiary/aromatic N) is 4. The Morgan fingerprint density at radius 2 is 1.83 bits per heavy atom. The SMILES string of the molecule is Cc1cnc(Br)n2nc(-c3ccc(Br)cc3)nc12. The van der Waals surface area contributed by atoms with E-state index in [0.717, 1.165) is 21.2 Å². The van der Waals surface area contributed by atoms with Gasteiger partial charge in [0, 0.05) is 21.8 Å². The molecule has 0 aliphatic heterocycles. The maximum absolute atomic E-state index is 4.54. The quantitative estimate of drug-likeness (QED) is 0.617. The lowest BCUT2D eigenvalue weighted by Crippen LogP contribution is -1.95. The van der Waals surface area contributed by atoms with Crippen molar-refractivity contribution >= 4 is 37.5 Å². The number of fused-ring (bicyclic) bond motifs is 1. The Balaban J connectivity index is 2.22. The summed E-state index contributed by atoms with van der Waals surface area (Å²) in [6, 6.07) is 7.91. The summed E-state index contributed by atoms with van der Waals surface area (Å²) in [4.78, 5) is 8.74. The molecule has 0 fully saturated rings. The maximum Gasteiger partial charge on any atom is 0.199 e. The predicted octanol–water partition coefficient (Wildman–Crippen LogP) is 3.62. The molecule has 4 nitrogen and oxygen atoms in total. The fourth-order valence-electron chi connectivity index (χ4n) is 1.68. The third-order valence-corrected chi connectivity index (χ3v) is 3.67. The molecule has 90 valence electrons. The van der Waals surface area contributed by atoms with Gasteiger partial charge in [-0.05, 0) is 35.0 Å². The van der Waals surface area contributed by atoms with Gasteiger partial charge >= 0.3 is 0 Å². The van der Waals surface area contributed by atoms with Gasteiger partial charge in [0.25, 0.3) is 0 Å². The van der Waals surface area contributed by atoms with E-state index in [1.54, 1.807) is 10.7 Å². The topological polar surface area (TPSA) is 43.1 Å². The molecule has 0 bridgehead atoms. The van der Waals surface area contributed by atoms with Crippen LogP contribution in [0.5, 0.6) is 0 Å². The molecule has 0 spiro atoms. The van der Waals surface area contributed by atoms with E-state index in [9.17, 15) is 0 Å². The molecule has 0 saturated heterocycles. The summed E-state index contributed by atoms with van der Waals surface area (Å²) in [6.07, 6.45) is 1.78. The summed E-state index contributed by atoms with van der Waals surface area (Å²) in [7, 11) is 0. The van der Waals surface area contributed by atoms with Gasteiger partial charge in [0.1, 0.15) is 0 Å². The Morgan fingerprint density at radius 3 is 2.50 bits per heavy atom. The molecule has 0 aliphatic carbocycles. The van der Waals surface area contributed by atoms with Gasteiger partial charge in [-0.2, -0.15) is 4.52 Å². The lowest BCUT2D eigenvalue weighted by molar-refractivity contribution is 0.884. The minimum absolute atomic E-state index is 0.652. The largest absolute Gasteiger partial charge is 0.230 e. The number of hydrogen-bond acceptors (Lipinski definition) is 3. The Kier molecular flexibility index (Phi) is 2.91. The number of rotatable bonds is 1. The zero-order valence-electron chi connectivity index (χ0n) is 9.43. The first-order valence-electron chi connectivity index (χ1n) is 5.29. The average molecular weight is 368 g/mol. The third kappa shape index (κ3) is 1.95. The molecule has 0 aliphatic rings. The molecular weight excluding hydrogens is 360 g/mol. The van der Waals surface area contributed by atoms with Crippen LogP contribution >= 0.6 is 31.9 Å². The van der Waals surface area contributed by atoms with Crippen molar-refractivity contribution in [2.24, 2.45) is 0 Å². The number of benzene rings is 1. The minimum Gasteiger partial charge on any atom is -0.230 e.